The van der Waals surface area contributed by atoms with Crippen LogP contribution in [0.4, 0.5) is 14.5 Å². The van der Waals surface area contributed by atoms with Crippen molar-refractivity contribution in [1.82, 2.24) is 0 Å². The standard InChI is InChI=1S/C13H7BrCl3F2N/c14-6-3-10(18)13(11(19)4-6)20-5-7-8(15)1-2-9(16)12(7)17/h1-4,20H,5H2. The highest BCUT2D eigenvalue weighted by molar-refractivity contribution is 9.10. The molecule has 7 heteroatoms. The molecule has 20 heavy (non-hydrogen) atoms. The van der Waals surface area contributed by atoms with Gasteiger partial charge in [0.15, 0.2) is 0 Å². The zero-order valence-electron chi connectivity index (χ0n) is 9.78. The highest BCUT2D eigenvalue weighted by atomic mass is 79.9. The van der Waals surface area contributed by atoms with E-state index in [1.807, 2.05) is 0 Å². The van der Waals surface area contributed by atoms with Crippen LogP contribution in [0.3, 0.4) is 0 Å². The lowest BCUT2D eigenvalue weighted by molar-refractivity contribution is 0.586. The van der Waals surface area contributed by atoms with Crippen molar-refractivity contribution in [3.63, 3.8) is 0 Å². The Morgan fingerprint density at radius 1 is 1.00 bits per heavy atom. The number of hydrogen-bond acceptors (Lipinski definition) is 1. The third-order valence-electron chi connectivity index (χ3n) is 2.59. The molecule has 2 rings (SSSR count). The molecule has 0 bridgehead atoms. The van der Waals surface area contributed by atoms with E-state index in [0.29, 0.717) is 20.1 Å². The van der Waals surface area contributed by atoms with Crippen LogP contribution in [-0.4, -0.2) is 0 Å². The minimum absolute atomic E-state index is 0.0493. The maximum atomic E-state index is 13.7. The second kappa shape index (κ2) is 6.48. The molecule has 0 saturated carbocycles. The molecule has 0 spiro atoms. The summed E-state index contributed by atoms with van der Waals surface area (Å²) < 4.78 is 27.7. The van der Waals surface area contributed by atoms with E-state index in [1.165, 1.54) is 0 Å². The van der Waals surface area contributed by atoms with Crippen molar-refractivity contribution < 1.29 is 8.78 Å². The van der Waals surface area contributed by atoms with Gasteiger partial charge in [0, 0.05) is 21.6 Å². The lowest BCUT2D eigenvalue weighted by Gasteiger charge is -2.12. The first-order valence-electron chi connectivity index (χ1n) is 5.41. The van der Waals surface area contributed by atoms with Crippen molar-refractivity contribution >= 4 is 56.4 Å². The number of nitrogens with one attached hydrogen (secondary N) is 1. The molecular formula is C13H7BrCl3F2N. The van der Waals surface area contributed by atoms with Crippen molar-refractivity contribution in [1.29, 1.82) is 0 Å². The Morgan fingerprint density at radius 2 is 1.55 bits per heavy atom. The fourth-order valence-corrected chi connectivity index (χ4v) is 2.70. The molecule has 106 valence electrons. The smallest absolute Gasteiger partial charge is 0.150 e. The topological polar surface area (TPSA) is 12.0 Å². The molecule has 0 radical (unpaired) electrons. The quantitative estimate of drug-likeness (QED) is 0.595. The third-order valence-corrected chi connectivity index (χ3v) is 4.24. The summed E-state index contributed by atoms with van der Waals surface area (Å²) in [4.78, 5) is 0. The summed E-state index contributed by atoms with van der Waals surface area (Å²) in [7, 11) is 0. The van der Waals surface area contributed by atoms with Gasteiger partial charge in [-0.05, 0) is 24.3 Å². The second-order valence-electron chi connectivity index (χ2n) is 3.92. The Bertz CT molecular complexity index is 641. The van der Waals surface area contributed by atoms with Crippen LogP contribution in [0.15, 0.2) is 28.7 Å². The van der Waals surface area contributed by atoms with E-state index in [1.54, 1.807) is 12.1 Å². The Morgan fingerprint density at radius 3 is 2.15 bits per heavy atom. The van der Waals surface area contributed by atoms with Gasteiger partial charge in [-0.2, -0.15) is 0 Å². The normalized spacial score (nSPS) is 10.7. The van der Waals surface area contributed by atoms with E-state index in [2.05, 4.69) is 21.2 Å². The summed E-state index contributed by atoms with van der Waals surface area (Å²) in [5.41, 5.74) is 0.225. The molecule has 0 aromatic heterocycles. The summed E-state index contributed by atoms with van der Waals surface area (Å²) in [6.07, 6.45) is 0. The van der Waals surface area contributed by atoms with Gasteiger partial charge in [0.1, 0.15) is 17.3 Å². The summed E-state index contributed by atoms with van der Waals surface area (Å²) >= 11 is 20.9. The van der Waals surface area contributed by atoms with Crippen molar-refractivity contribution in [3.8, 4) is 0 Å². The zero-order valence-corrected chi connectivity index (χ0v) is 13.6. The van der Waals surface area contributed by atoms with Gasteiger partial charge in [-0.25, -0.2) is 8.78 Å². The summed E-state index contributed by atoms with van der Waals surface area (Å²) in [5.74, 6) is -1.43. The molecule has 1 N–H and O–H groups in total. The Kier molecular flexibility index (Phi) is 5.13. The Balaban J connectivity index is 2.28. The summed E-state index contributed by atoms with van der Waals surface area (Å²) in [5, 5.41) is 3.58. The highest BCUT2D eigenvalue weighted by Crippen LogP contribution is 2.32. The summed E-state index contributed by atoms with van der Waals surface area (Å²) in [6, 6.07) is 5.44. The van der Waals surface area contributed by atoms with E-state index in [0.717, 1.165) is 12.1 Å². The second-order valence-corrected chi connectivity index (χ2v) is 6.03. The third kappa shape index (κ3) is 3.37. The Hall–Kier alpha value is -0.550. The molecule has 2 aromatic rings. The molecule has 0 unspecified atom stereocenters. The van der Waals surface area contributed by atoms with Crippen molar-refractivity contribution in [2.45, 2.75) is 6.54 Å². The molecule has 0 saturated heterocycles. The molecule has 0 amide bonds. The first-order valence-corrected chi connectivity index (χ1v) is 7.33. The van der Waals surface area contributed by atoms with Gasteiger partial charge < -0.3 is 5.32 Å². The van der Waals surface area contributed by atoms with Gasteiger partial charge in [-0.15, -0.1) is 0 Å². The number of hydrogen-bond donors (Lipinski definition) is 1. The predicted octanol–water partition coefficient (Wildman–Crippen LogP) is 6.30. The summed E-state index contributed by atoms with van der Waals surface area (Å²) in [6.45, 7) is 0.0493. The molecular weight excluding hydrogens is 394 g/mol. The fraction of sp³-hybridized carbons (Fsp3) is 0.0769. The van der Waals surface area contributed by atoms with Crippen molar-refractivity contribution in [3.05, 3.63) is 61.0 Å². The highest BCUT2D eigenvalue weighted by Gasteiger charge is 2.13. The van der Waals surface area contributed by atoms with Gasteiger partial charge in [-0.3, -0.25) is 0 Å². The monoisotopic (exact) mass is 399 g/mol. The molecule has 0 heterocycles. The largest absolute Gasteiger partial charge is 0.376 e. The minimum Gasteiger partial charge on any atom is -0.376 e. The van der Waals surface area contributed by atoms with Gasteiger partial charge in [0.05, 0.1) is 10.0 Å². The van der Waals surface area contributed by atoms with E-state index in [4.69, 9.17) is 34.8 Å². The first-order chi connectivity index (χ1) is 9.40. The van der Waals surface area contributed by atoms with Crippen LogP contribution in [0, 0.1) is 11.6 Å². The molecule has 0 aliphatic carbocycles. The van der Waals surface area contributed by atoms with E-state index in [9.17, 15) is 8.78 Å². The van der Waals surface area contributed by atoms with Gasteiger partial charge in [-0.1, -0.05) is 50.7 Å². The van der Waals surface area contributed by atoms with Gasteiger partial charge >= 0.3 is 0 Å². The number of halogens is 6. The number of benzene rings is 2. The lowest BCUT2D eigenvalue weighted by atomic mass is 10.2. The molecule has 0 fully saturated rings. The SMILES string of the molecule is Fc1cc(Br)cc(F)c1NCc1c(Cl)ccc(Cl)c1Cl. The fourth-order valence-electron chi connectivity index (χ4n) is 1.62. The van der Waals surface area contributed by atoms with E-state index < -0.39 is 11.6 Å². The van der Waals surface area contributed by atoms with Crippen LogP contribution < -0.4 is 5.32 Å². The predicted molar refractivity (Wildman–Crippen MR) is 82.9 cm³/mol. The molecule has 0 aliphatic heterocycles. The average Bonchev–Trinajstić information content (AvgIpc) is 2.36. The maximum absolute atomic E-state index is 13.7. The van der Waals surface area contributed by atoms with Crippen LogP contribution in [-0.2, 0) is 6.54 Å². The van der Waals surface area contributed by atoms with E-state index >= 15 is 0 Å². The van der Waals surface area contributed by atoms with Crippen LogP contribution in [0.25, 0.3) is 0 Å². The number of rotatable bonds is 3. The molecule has 1 nitrogen and oxygen atoms in total. The van der Waals surface area contributed by atoms with Crippen LogP contribution in [0.2, 0.25) is 15.1 Å². The zero-order chi connectivity index (χ0) is 14.9. The van der Waals surface area contributed by atoms with Crippen molar-refractivity contribution in [2.75, 3.05) is 5.32 Å². The average molecular weight is 401 g/mol. The van der Waals surface area contributed by atoms with Crippen molar-refractivity contribution in [2.24, 2.45) is 0 Å². The van der Waals surface area contributed by atoms with Gasteiger partial charge in [0.2, 0.25) is 0 Å². The molecule has 2 aromatic carbocycles. The van der Waals surface area contributed by atoms with Gasteiger partial charge in [0.25, 0.3) is 0 Å². The molecule has 0 aliphatic rings. The minimum atomic E-state index is -0.717. The van der Waals surface area contributed by atoms with Crippen LogP contribution in [0.5, 0.6) is 0 Å². The Labute approximate surface area is 138 Å². The first kappa shape index (κ1) is 15.8. The lowest BCUT2D eigenvalue weighted by Crippen LogP contribution is -2.05. The maximum Gasteiger partial charge on any atom is 0.150 e. The van der Waals surface area contributed by atoms with Crippen LogP contribution in [0.1, 0.15) is 5.56 Å². The number of anilines is 1. The van der Waals surface area contributed by atoms with E-state index in [-0.39, 0.29) is 17.3 Å². The van der Waals surface area contributed by atoms with Crippen LogP contribution >= 0.6 is 50.7 Å². The molecule has 0 atom stereocenters.